The smallest absolute Gasteiger partial charge is 0.311 e. The third-order valence-electron chi connectivity index (χ3n) is 2.51. The molecule has 0 spiro atoms. The van der Waals surface area contributed by atoms with E-state index in [1.807, 2.05) is 19.9 Å². The summed E-state index contributed by atoms with van der Waals surface area (Å²) in [5, 5.41) is 0. The second kappa shape index (κ2) is 8.32. The summed E-state index contributed by atoms with van der Waals surface area (Å²) >= 11 is 0. The van der Waals surface area contributed by atoms with Crippen LogP contribution in [0.5, 0.6) is 5.75 Å². The molecule has 0 N–H and O–H groups in total. The molecular formula is C15H20O5. The summed E-state index contributed by atoms with van der Waals surface area (Å²) in [6.45, 7) is 4.40. The molecule has 0 aliphatic rings. The first kappa shape index (κ1) is 16.2. The maximum absolute atomic E-state index is 11.6. The second-order valence-electron chi connectivity index (χ2n) is 4.51. The second-order valence-corrected chi connectivity index (χ2v) is 4.51. The van der Waals surface area contributed by atoms with Crippen LogP contribution in [0.2, 0.25) is 0 Å². The molecule has 0 heterocycles. The molecule has 5 heteroatoms. The maximum Gasteiger partial charge on any atom is 0.311 e. The van der Waals surface area contributed by atoms with Crippen molar-refractivity contribution in [2.24, 2.45) is 0 Å². The van der Waals surface area contributed by atoms with Gasteiger partial charge in [0.1, 0.15) is 12.4 Å². The lowest BCUT2D eigenvalue weighted by Crippen LogP contribution is -2.14. The summed E-state index contributed by atoms with van der Waals surface area (Å²) in [6.07, 6.45) is 0.00610. The van der Waals surface area contributed by atoms with Crippen molar-refractivity contribution < 1.29 is 23.8 Å². The largest absolute Gasteiger partial charge is 0.463 e. The Kier molecular flexibility index (Phi) is 6.73. The summed E-state index contributed by atoms with van der Waals surface area (Å²) in [6, 6.07) is 5.55. The van der Waals surface area contributed by atoms with Crippen LogP contribution in [0.25, 0.3) is 0 Å². The van der Waals surface area contributed by atoms with E-state index in [9.17, 15) is 9.59 Å². The van der Waals surface area contributed by atoms with Crippen molar-refractivity contribution in [2.45, 2.75) is 26.7 Å². The number of hydrogen-bond donors (Lipinski definition) is 0. The van der Waals surface area contributed by atoms with Crippen LogP contribution in [0.4, 0.5) is 0 Å². The molecule has 0 unspecified atom stereocenters. The van der Waals surface area contributed by atoms with Gasteiger partial charge in [0.05, 0.1) is 19.4 Å². The molecule has 0 atom stereocenters. The lowest BCUT2D eigenvalue weighted by Gasteiger charge is -2.07. The fourth-order valence-electron chi connectivity index (χ4n) is 1.69. The minimum absolute atomic E-state index is 0.00119. The number of rotatable bonds is 7. The topological polar surface area (TPSA) is 61.8 Å². The standard InChI is InChI=1S/C15H20O5/c1-11-8-12(2)10-13(9-11)20-15(17)5-4-14(16)19-7-6-18-3/h8-10H,4-7H2,1-3H3. The number of ether oxygens (including phenoxy) is 3. The van der Waals surface area contributed by atoms with Gasteiger partial charge in [-0.1, -0.05) is 6.07 Å². The highest BCUT2D eigenvalue weighted by Crippen LogP contribution is 2.16. The van der Waals surface area contributed by atoms with Gasteiger partial charge in [-0.05, 0) is 37.1 Å². The van der Waals surface area contributed by atoms with Gasteiger partial charge in [-0.25, -0.2) is 0 Å². The van der Waals surface area contributed by atoms with E-state index in [0.717, 1.165) is 11.1 Å². The van der Waals surface area contributed by atoms with Gasteiger partial charge in [0.25, 0.3) is 0 Å². The predicted octanol–water partition coefficient (Wildman–Crippen LogP) is 2.18. The van der Waals surface area contributed by atoms with E-state index >= 15 is 0 Å². The number of esters is 2. The number of benzene rings is 1. The molecule has 0 saturated heterocycles. The van der Waals surface area contributed by atoms with E-state index in [1.54, 1.807) is 12.1 Å². The van der Waals surface area contributed by atoms with Crippen molar-refractivity contribution in [3.63, 3.8) is 0 Å². The number of hydrogen-bond acceptors (Lipinski definition) is 5. The van der Waals surface area contributed by atoms with Crippen molar-refractivity contribution in [2.75, 3.05) is 20.3 Å². The van der Waals surface area contributed by atoms with Crippen LogP contribution in [0, 0.1) is 13.8 Å². The lowest BCUT2D eigenvalue weighted by molar-refractivity contribution is -0.147. The van der Waals surface area contributed by atoms with Gasteiger partial charge in [-0.2, -0.15) is 0 Å². The number of carbonyl (C=O) groups excluding carboxylic acids is 2. The Morgan fingerprint density at radius 2 is 1.55 bits per heavy atom. The van der Waals surface area contributed by atoms with Gasteiger partial charge >= 0.3 is 11.9 Å². The van der Waals surface area contributed by atoms with Crippen LogP contribution in [-0.4, -0.2) is 32.3 Å². The van der Waals surface area contributed by atoms with E-state index < -0.39 is 11.9 Å². The van der Waals surface area contributed by atoms with Crippen LogP contribution in [-0.2, 0) is 19.1 Å². The van der Waals surface area contributed by atoms with Gasteiger partial charge in [-0.3, -0.25) is 9.59 Å². The first-order valence-corrected chi connectivity index (χ1v) is 6.45. The molecule has 0 saturated carbocycles. The van der Waals surface area contributed by atoms with Crippen LogP contribution in [0.3, 0.4) is 0 Å². The minimum Gasteiger partial charge on any atom is -0.463 e. The Bertz CT molecular complexity index is 447. The molecule has 0 radical (unpaired) electrons. The van der Waals surface area contributed by atoms with Crippen molar-refractivity contribution in [3.8, 4) is 5.75 Å². The molecule has 5 nitrogen and oxygen atoms in total. The molecule has 20 heavy (non-hydrogen) atoms. The molecule has 1 rings (SSSR count). The molecule has 110 valence electrons. The van der Waals surface area contributed by atoms with Crippen molar-refractivity contribution in [1.29, 1.82) is 0 Å². The molecule has 1 aromatic carbocycles. The van der Waals surface area contributed by atoms with Crippen LogP contribution in [0.15, 0.2) is 18.2 Å². The van der Waals surface area contributed by atoms with Crippen LogP contribution >= 0.6 is 0 Å². The lowest BCUT2D eigenvalue weighted by atomic mass is 10.1. The van der Waals surface area contributed by atoms with Crippen LogP contribution in [0.1, 0.15) is 24.0 Å². The van der Waals surface area contributed by atoms with Gasteiger partial charge in [-0.15, -0.1) is 0 Å². The highest BCUT2D eigenvalue weighted by Gasteiger charge is 2.10. The first-order chi connectivity index (χ1) is 9.51. The average Bonchev–Trinajstić information content (AvgIpc) is 2.35. The average molecular weight is 280 g/mol. The summed E-state index contributed by atoms with van der Waals surface area (Å²) in [4.78, 5) is 22.9. The Morgan fingerprint density at radius 1 is 0.950 bits per heavy atom. The summed E-state index contributed by atoms with van der Waals surface area (Å²) in [7, 11) is 1.52. The highest BCUT2D eigenvalue weighted by molar-refractivity contribution is 5.79. The van der Waals surface area contributed by atoms with Crippen LogP contribution < -0.4 is 4.74 Å². The van der Waals surface area contributed by atoms with Crippen molar-refractivity contribution >= 4 is 11.9 Å². The molecule has 0 fully saturated rings. The first-order valence-electron chi connectivity index (χ1n) is 6.45. The third kappa shape index (κ3) is 6.33. The van der Waals surface area contributed by atoms with E-state index in [0.29, 0.717) is 12.4 Å². The number of aryl methyl sites for hydroxylation is 2. The highest BCUT2D eigenvalue weighted by atomic mass is 16.6. The SMILES string of the molecule is COCCOC(=O)CCC(=O)Oc1cc(C)cc(C)c1. The quantitative estimate of drug-likeness (QED) is 0.435. The Morgan fingerprint density at radius 3 is 2.15 bits per heavy atom. The molecular weight excluding hydrogens is 260 g/mol. The van der Waals surface area contributed by atoms with Gasteiger partial charge in [0.15, 0.2) is 0 Å². The Hall–Kier alpha value is -1.88. The summed E-state index contributed by atoms with van der Waals surface area (Å²) in [5.41, 5.74) is 2.04. The molecule has 0 amide bonds. The molecule has 0 aromatic heterocycles. The van der Waals surface area contributed by atoms with Gasteiger partial charge < -0.3 is 14.2 Å². The van der Waals surface area contributed by atoms with E-state index in [2.05, 4.69) is 0 Å². The number of carbonyl (C=O) groups is 2. The zero-order chi connectivity index (χ0) is 15.0. The normalized spacial score (nSPS) is 10.2. The summed E-state index contributed by atoms with van der Waals surface area (Å²) in [5.74, 6) is -0.377. The van der Waals surface area contributed by atoms with Crippen molar-refractivity contribution in [1.82, 2.24) is 0 Å². The van der Waals surface area contributed by atoms with Gasteiger partial charge in [0, 0.05) is 7.11 Å². The Labute approximate surface area is 118 Å². The fourth-order valence-corrected chi connectivity index (χ4v) is 1.69. The third-order valence-corrected chi connectivity index (χ3v) is 2.51. The van der Waals surface area contributed by atoms with E-state index in [4.69, 9.17) is 14.2 Å². The molecule has 0 bridgehead atoms. The fraction of sp³-hybridized carbons (Fsp3) is 0.467. The predicted molar refractivity (Wildman–Crippen MR) is 73.6 cm³/mol. The van der Waals surface area contributed by atoms with Gasteiger partial charge in [0.2, 0.25) is 0 Å². The molecule has 0 aliphatic carbocycles. The van der Waals surface area contributed by atoms with E-state index in [-0.39, 0.29) is 19.4 Å². The zero-order valence-corrected chi connectivity index (χ0v) is 12.1. The Balaban J connectivity index is 2.34. The minimum atomic E-state index is -0.446. The molecule has 0 aliphatic heterocycles. The molecule has 1 aromatic rings. The summed E-state index contributed by atoms with van der Waals surface area (Å²) < 4.78 is 14.8. The zero-order valence-electron chi connectivity index (χ0n) is 12.1. The maximum atomic E-state index is 11.6. The van der Waals surface area contributed by atoms with Crippen molar-refractivity contribution in [3.05, 3.63) is 29.3 Å². The number of methoxy groups -OCH3 is 1. The van der Waals surface area contributed by atoms with E-state index in [1.165, 1.54) is 7.11 Å². The monoisotopic (exact) mass is 280 g/mol.